The third kappa shape index (κ3) is 3.73. The van der Waals surface area contributed by atoms with Gasteiger partial charge in [-0.1, -0.05) is 24.3 Å². The third-order valence-electron chi connectivity index (χ3n) is 6.25. The molecule has 0 spiro atoms. The summed E-state index contributed by atoms with van der Waals surface area (Å²) in [6, 6.07) is 16.0. The minimum absolute atomic E-state index is 0.177. The van der Waals surface area contributed by atoms with E-state index in [2.05, 4.69) is 20.3 Å². The fourth-order valence-electron chi connectivity index (χ4n) is 4.51. The Bertz CT molecular complexity index is 1900. The first kappa shape index (κ1) is 22.3. The van der Waals surface area contributed by atoms with Gasteiger partial charge < -0.3 is 15.5 Å². The van der Waals surface area contributed by atoms with Crippen LogP contribution in [0.25, 0.3) is 33.4 Å². The first-order valence-electron chi connectivity index (χ1n) is 11.6. The number of anilines is 2. The Morgan fingerprint density at radius 2 is 1.89 bits per heavy atom. The van der Waals surface area contributed by atoms with E-state index >= 15 is 0 Å². The van der Waals surface area contributed by atoms with Crippen molar-refractivity contribution in [2.45, 2.75) is 19.9 Å². The van der Waals surface area contributed by atoms with Gasteiger partial charge in [-0.25, -0.2) is 19.3 Å². The molecule has 2 aromatic carbocycles. The molecule has 4 N–H and O–H groups in total. The number of para-hydroxylation sites is 1. The van der Waals surface area contributed by atoms with Gasteiger partial charge in [0.2, 0.25) is 0 Å². The zero-order valence-electron chi connectivity index (χ0n) is 20.0. The molecule has 184 valence electrons. The number of nitrogens with two attached hydrogens (primary N) is 1. The lowest BCUT2D eigenvalue weighted by molar-refractivity contribution is 0.555. The highest BCUT2D eigenvalue weighted by Crippen LogP contribution is 2.34. The van der Waals surface area contributed by atoms with E-state index in [0.717, 1.165) is 5.56 Å². The van der Waals surface area contributed by atoms with Crippen LogP contribution in [0.3, 0.4) is 0 Å². The van der Waals surface area contributed by atoms with Crippen molar-refractivity contribution in [3.05, 3.63) is 99.4 Å². The highest BCUT2D eigenvalue weighted by molar-refractivity contribution is 5.88. The number of nitrogen functional groups attached to an aromatic ring is 1. The maximum absolute atomic E-state index is 13.6. The summed E-state index contributed by atoms with van der Waals surface area (Å²) in [5.41, 5.74) is 10.3. The van der Waals surface area contributed by atoms with Crippen LogP contribution in [0.5, 0.6) is 0 Å². The number of aromatic nitrogens is 6. The van der Waals surface area contributed by atoms with Crippen molar-refractivity contribution in [1.82, 2.24) is 29.1 Å². The molecule has 0 saturated carbocycles. The molecule has 0 amide bonds. The molecule has 11 heteroatoms. The smallest absolute Gasteiger partial charge is 0.408 e. The van der Waals surface area contributed by atoms with Crippen molar-refractivity contribution >= 4 is 28.3 Å². The number of hydrogen-bond acceptors (Lipinski definition) is 8. The molecular weight excluding hydrogens is 472 g/mol. The van der Waals surface area contributed by atoms with Gasteiger partial charge >= 0.3 is 5.76 Å². The number of H-pyrrole nitrogens is 1. The van der Waals surface area contributed by atoms with Gasteiger partial charge in [0.25, 0.3) is 5.56 Å². The van der Waals surface area contributed by atoms with Gasteiger partial charge in [0.05, 0.1) is 22.8 Å². The molecule has 37 heavy (non-hydrogen) atoms. The Hall–Kier alpha value is -5.19. The second-order valence-corrected chi connectivity index (χ2v) is 8.70. The normalized spacial score (nSPS) is 12.3. The van der Waals surface area contributed by atoms with Crippen LogP contribution in [0.15, 0.2) is 81.1 Å². The molecule has 0 aliphatic rings. The highest BCUT2D eigenvalue weighted by Gasteiger charge is 2.22. The number of rotatable bonds is 5. The number of aryl methyl sites for hydroxylation is 1. The second-order valence-electron chi connectivity index (χ2n) is 8.70. The lowest BCUT2D eigenvalue weighted by Crippen LogP contribution is -2.29. The van der Waals surface area contributed by atoms with E-state index < -0.39 is 11.8 Å². The van der Waals surface area contributed by atoms with E-state index in [9.17, 15) is 9.59 Å². The second kappa shape index (κ2) is 8.48. The minimum Gasteiger partial charge on any atom is -0.408 e. The average molecular weight is 495 g/mol. The van der Waals surface area contributed by atoms with Gasteiger partial charge in [-0.05, 0) is 55.3 Å². The van der Waals surface area contributed by atoms with Crippen LogP contribution in [0, 0.1) is 6.92 Å². The van der Waals surface area contributed by atoms with E-state index in [1.54, 1.807) is 33.5 Å². The summed E-state index contributed by atoms with van der Waals surface area (Å²) in [6.07, 6.45) is 3.13. The zero-order chi connectivity index (χ0) is 25.7. The van der Waals surface area contributed by atoms with Gasteiger partial charge in [-0.3, -0.25) is 14.3 Å². The number of benzene rings is 2. The number of oxazole rings is 1. The Morgan fingerprint density at radius 3 is 2.70 bits per heavy atom. The predicted molar refractivity (Wildman–Crippen MR) is 140 cm³/mol. The van der Waals surface area contributed by atoms with Crippen molar-refractivity contribution in [3.63, 3.8) is 0 Å². The van der Waals surface area contributed by atoms with Crippen molar-refractivity contribution < 1.29 is 4.42 Å². The van der Waals surface area contributed by atoms with Crippen molar-refractivity contribution in [3.8, 4) is 16.8 Å². The fourth-order valence-corrected chi connectivity index (χ4v) is 4.51. The number of fused-ring (bicyclic) bond motifs is 2. The number of hydrogen-bond donors (Lipinski definition) is 3. The van der Waals surface area contributed by atoms with Crippen molar-refractivity contribution in [2.24, 2.45) is 0 Å². The van der Waals surface area contributed by atoms with Gasteiger partial charge in [-0.15, -0.1) is 0 Å². The van der Waals surface area contributed by atoms with Gasteiger partial charge in [0, 0.05) is 6.20 Å². The Balaban J connectivity index is 1.49. The number of aromatic amines is 1. The van der Waals surface area contributed by atoms with Gasteiger partial charge in [0.1, 0.15) is 23.5 Å². The quantitative estimate of drug-likeness (QED) is 0.330. The van der Waals surface area contributed by atoms with Crippen LogP contribution in [-0.2, 0) is 0 Å². The predicted octanol–water partition coefficient (Wildman–Crippen LogP) is 3.44. The Labute approximate surface area is 209 Å². The van der Waals surface area contributed by atoms with E-state index in [-0.39, 0.29) is 11.4 Å². The first-order chi connectivity index (χ1) is 17.9. The minimum atomic E-state index is -0.544. The number of nitrogens with zero attached hydrogens (tertiary/aromatic N) is 5. The van der Waals surface area contributed by atoms with E-state index in [1.807, 2.05) is 50.2 Å². The van der Waals surface area contributed by atoms with Crippen LogP contribution in [0.4, 0.5) is 11.6 Å². The molecule has 0 aliphatic carbocycles. The van der Waals surface area contributed by atoms with Gasteiger partial charge in [0.15, 0.2) is 11.4 Å². The standard InChI is InChI=1S/C26H22N8O3/c1-14-10-11-33-21(14)25(35)34(17-6-4-3-5-7-17)24(32-33)15(2)30-23-20(22(27)28-13-29-23)16-8-9-19-18(12-16)31-26(36)37-19/h3-13,15H,1-2H3,(H,31,36)(H3,27,28,29,30)/t15-/m0/s1. The zero-order valence-corrected chi connectivity index (χ0v) is 20.0. The Morgan fingerprint density at radius 1 is 1.08 bits per heavy atom. The molecule has 0 fully saturated rings. The molecule has 4 heterocycles. The van der Waals surface area contributed by atoms with E-state index in [0.29, 0.717) is 45.1 Å². The molecular formula is C26H22N8O3. The number of nitrogens with one attached hydrogen (secondary N) is 2. The van der Waals surface area contributed by atoms with Crippen molar-refractivity contribution in [1.29, 1.82) is 0 Å². The van der Waals surface area contributed by atoms with Crippen molar-refractivity contribution in [2.75, 3.05) is 11.1 Å². The summed E-state index contributed by atoms with van der Waals surface area (Å²) in [7, 11) is 0. The fraction of sp³-hybridized carbons (Fsp3) is 0.115. The summed E-state index contributed by atoms with van der Waals surface area (Å²) >= 11 is 0. The maximum atomic E-state index is 13.6. The molecule has 0 saturated heterocycles. The topological polar surface area (TPSA) is 149 Å². The molecule has 1 atom stereocenters. The largest absolute Gasteiger partial charge is 0.417 e. The lowest BCUT2D eigenvalue weighted by Gasteiger charge is -2.21. The molecule has 0 radical (unpaired) electrons. The molecule has 0 unspecified atom stereocenters. The summed E-state index contributed by atoms with van der Waals surface area (Å²) in [5.74, 6) is 0.636. The van der Waals surface area contributed by atoms with Crippen LogP contribution >= 0.6 is 0 Å². The monoisotopic (exact) mass is 494 g/mol. The summed E-state index contributed by atoms with van der Waals surface area (Å²) in [5, 5.41) is 8.15. The van der Waals surface area contributed by atoms with Crippen LogP contribution < -0.4 is 22.4 Å². The lowest BCUT2D eigenvalue weighted by atomic mass is 10.1. The first-order valence-corrected chi connectivity index (χ1v) is 11.6. The van der Waals surface area contributed by atoms with Gasteiger partial charge in [-0.2, -0.15) is 5.10 Å². The maximum Gasteiger partial charge on any atom is 0.417 e. The molecule has 0 aliphatic heterocycles. The summed E-state index contributed by atoms with van der Waals surface area (Å²) < 4.78 is 8.32. The van der Waals surface area contributed by atoms with Crippen LogP contribution in [0.2, 0.25) is 0 Å². The van der Waals surface area contributed by atoms with Crippen LogP contribution in [-0.4, -0.2) is 29.1 Å². The SMILES string of the molecule is Cc1ccn2nc([C@H](C)Nc3ncnc(N)c3-c3ccc4oc(=O)[nH]c4c3)n(-c3ccccc3)c(=O)c12. The Kier molecular flexibility index (Phi) is 5.11. The average Bonchev–Trinajstić information content (AvgIpc) is 3.45. The van der Waals surface area contributed by atoms with E-state index in [4.69, 9.17) is 15.2 Å². The summed E-state index contributed by atoms with van der Waals surface area (Å²) in [4.78, 5) is 36.5. The van der Waals surface area contributed by atoms with E-state index in [1.165, 1.54) is 6.33 Å². The summed E-state index contributed by atoms with van der Waals surface area (Å²) in [6.45, 7) is 3.78. The molecule has 6 aromatic rings. The molecule has 11 nitrogen and oxygen atoms in total. The molecule has 6 rings (SSSR count). The third-order valence-corrected chi connectivity index (χ3v) is 6.25. The molecule has 4 aromatic heterocycles. The molecule has 0 bridgehead atoms. The highest BCUT2D eigenvalue weighted by atomic mass is 16.4. The van der Waals surface area contributed by atoms with Crippen LogP contribution in [0.1, 0.15) is 24.4 Å².